The van der Waals surface area contributed by atoms with Crippen molar-refractivity contribution in [2.24, 2.45) is 0 Å². The first-order valence-corrected chi connectivity index (χ1v) is 7.53. The summed E-state index contributed by atoms with van der Waals surface area (Å²) in [6.07, 6.45) is 1.09. The molecule has 4 aromatic carbocycles. The van der Waals surface area contributed by atoms with Crippen LogP contribution in [0.2, 0.25) is 0 Å². The van der Waals surface area contributed by atoms with Gasteiger partial charge in [0.25, 0.3) is 0 Å². The van der Waals surface area contributed by atoms with E-state index in [1.807, 2.05) is 0 Å². The zero-order valence-electron chi connectivity index (χ0n) is 12.6. The molecule has 1 heteroatoms. The van der Waals surface area contributed by atoms with Crippen LogP contribution in [-0.2, 0) is 32.3 Å². The van der Waals surface area contributed by atoms with Crippen LogP contribution in [0.3, 0.4) is 0 Å². The summed E-state index contributed by atoms with van der Waals surface area (Å²) in [7, 11) is 0. The van der Waals surface area contributed by atoms with Gasteiger partial charge in [0.15, 0.2) is 0 Å². The summed E-state index contributed by atoms with van der Waals surface area (Å²) >= 11 is 0. The Morgan fingerprint density at radius 3 is 2.27 bits per heavy atom. The zero-order chi connectivity index (χ0) is 14.2. The smallest absolute Gasteiger partial charge is 0 e. The minimum atomic E-state index is 0. The van der Waals surface area contributed by atoms with Crippen molar-refractivity contribution in [3.63, 3.8) is 0 Å². The summed E-state index contributed by atoms with van der Waals surface area (Å²) in [5.41, 5.74) is 4.08. The Morgan fingerprint density at radius 1 is 0.773 bits per heavy atom. The quantitative estimate of drug-likeness (QED) is 0.263. The van der Waals surface area contributed by atoms with Gasteiger partial charge in [0.2, 0.25) is 0 Å². The molecule has 4 rings (SSSR count). The molecule has 0 aliphatic heterocycles. The van der Waals surface area contributed by atoms with Crippen molar-refractivity contribution in [2.45, 2.75) is 13.3 Å². The molecule has 0 aliphatic carbocycles. The van der Waals surface area contributed by atoms with Gasteiger partial charge in [-0.3, -0.25) is 0 Å². The van der Waals surface area contributed by atoms with Crippen LogP contribution in [0.25, 0.3) is 32.7 Å². The van der Waals surface area contributed by atoms with Gasteiger partial charge >= 0.3 is 0 Å². The van der Waals surface area contributed by atoms with Crippen molar-refractivity contribution < 1.29 is 25.8 Å². The average Bonchev–Trinajstić information content (AvgIpc) is 2.97. The van der Waals surface area contributed by atoms with Crippen LogP contribution >= 0.6 is 0 Å². The molecule has 0 saturated heterocycles. The minimum absolute atomic E-state index is 0. The predicted molar refractivity (Wildman–Crippen MR) is 91.9 cm³/mol. The molecular formula is C21H17Hf-. The molecule has 0 nitrogen and oxygen atoms in total. The molecule has 22 heavy (non-hydrogen) atoms. The third-order valence-corrected chi connectivity index (χ3v) is 4.30. The summed E-state index contributed by atoms with van der Waals surface area (Å²) in [6.45, 7) is 2.21. The summed E-state index contributed by atoms with van der Waals surface area (Å²) in [6, 6.07) is 26.5. The van der Waals surface area contributed by atoms with Crippen molar-refractivity contribution in [3.8, 4) is 11.1 Å². The van der Waals surface area contributed by atoms with Gasteiger partial charge in [-0.15, -0.1) is 34.5 Å². The van der Waals surface area contributed by atoms with Gasteiger partial charge in [-0.1, -0.05) is 61.0 Å². The number of fused-ring (bicyclic) bond motifs is 2. The fourth-order valence-corrected chi connectivity index (χ4v) is 3.20. The van der Waals surface area contributed by atoms with Crippen LogP contribution in [0.1, 0.15) is 12.5 Å². The number of hydrogen-bond acceptors (Lipinski definition) is 0. The molecule has 0 spiro atoms. The second-order valence-corrected chi connectivity index (χ2v) is 5.55. The molecule has 0 radical (unpaired) electrons. The summed E-state index contributed by atoms with van der Waals surface area (Å²) in [5, 5.41) is 5.34. The second kappa shape index (κ2) is 6.26. The Kier molecular flexibility index (Phi) is 4.35. The molecule has 0 heterocycles. The van der Waals surface area contributed by atoms with E-state index in [0.29, 0.717) is 0 Å². The Hall–Kier alpha value is -1.60. The fourth-order valence-electron chi connectivity index (χ4n) is 3.20. The molecule has 4 aromatic rings. The topological polar surface area (TPSA) is 0 Å². The van der Waals surface area contributed by atoms with Gasteiger partial charge in [0.1, 0.15) is 0 Å². The maximum atomic E-state index is 2.34. The van der Waals surface area contributed by atoms with E-state index in [-0.39, 0.29) is 25.8 Å². The fraction of sp³-hybridized carbons (Fsp3) is 0.0952. The van der Waals surface area contributed by atoms with Gasteiger partial charge in [-0.25, -0.2) is 0 Å². The molecule has 0 unspecified atom stereocenters. The molecule has 0 aliphatic rings. The van der Waals surface area contributed by atoms with E-state index in [2.05, 4.69) is 79.7 Å². The van der Waals surface area contributed by atoms with Crippen LogP contribution in [-0.4, -0.2) is 0 Å². The van der Waals surface area contributed by atoms with Gasteiger partial charge in [-0.05, 0) is 22.8 Å². The molecule has 106 valence electrons. The van der Waals surface area contributed by atoms with E-state index in [1.165, 1.54) is 38.2 Å². The molecule has 0 amide bonds. The Balaban J connectivity index is 0.00000144. The molecule has 0 aromatic heterocycles. The zero-order valence-corrected chi connectivity index (χ0v) is 16.2. The maximum Gasteiger partial charge on any atom is 0 e. The summed E-state index contributed by atoms with van der Waals surface area (Å²) < 4.78 is 0. The third kappa shape index (κ3) is 2.48. The predicted octanol–water partition coefficient (Wildman–Crippen LogP) is 5.94. The first kappa shape index (κ1) is 15.3. The molecular weight excluding hydrogens is 431 g/mol. The van der Waals surface area contributed by atoms with Crippen LogP contribution < -0.4 is 0 Å². The number of benzene rings is 3. The first-order valence-electron chi connectivity index (χ1n) is 7.53. The maximum absolute atomic E-state index is 2.34. The summed E-state index contributed by atoms with van der Waals surface area (Å²) in [5.74, 6) is 0. The third-order valence-electron chi connectivity index (χ3n) is 4.30. The Labute approximate surface area is 149 Å². The monoisotopic (exact) mass is 449 g/mol. The van der Waals surface area contributed by atoms with E-state index >= 15 is 0 Å². The molecule has 0 bridgehead atoms. The van der Waals surface area contributed by atoms with Crippen LogP contribution in [0, 0.1) is 0 Å². The van der Waals surface area contributed by atoms with E-state index in [0.717, 1.165) is 6.42 Å². The largest absolute Gasteiger partial charge is 0.164 e. The van der Waals surface area contributed by atoms with Gasteiger partial charge in [0, 0.05) is 25.8 Å². The molecule has 0 atom stereocenters. The van der Waals surface area contributed by atoms with Crippen LogP contribution in [0.15, 0.2) is 72.8 Å². The SMILES string of the molecule is CCc1cc2c(-c3cccc4ccccc34)cccc2[cH-]1.[Hf]. The van der Waals surface area contributed by atoms with Crippen molar-refractivity contribution >= 4 is 21.5 Å². The van der Waals surface area contributed by atoms with Crippen LogP contribution in [0.5, 0.6) is 0 Å². The van der Waals surface area contributed by atoms with Crippen molar-refractivity contribution in [1.82, 2.24) is 0 Å². The normalized spacial score (nSPS) is 10.8. The van der Waals surface area contributed by atoms with Crippen molar-refractivity contribution in [2.75, 3.05) is 0 Å². The van der Waals surface area contributed by atoms with Gasteiger partial charge in [-0.2, -0.15) is 6.07 Å². The average molecular weight is 448 g/mol. The van der Waals surface area contributed by atoms with Gasteiger partial charge < -0.3 is 0 Å². The Morgan fingerprint density at radius 2 is 1.45 bits per heavy atom. The van der Waals surface area contributed by atoms with E-state index in [1.54, 1.807) is 0 Å². The Bertz CT molecular complexity index is 926. The van der Waals surface area contributed by atoms with Crippen molar-refractivity contribution in [3.05, 3.63) is 78.4 Å². The molecule has 0 saturated carbocycles. The number of hydrogen-bond donors (Lipinski definition) is 0. The van der Waals surface area contributed by atoms with Crippen LogP contribution in [0.4, 0.5) is 0 Å². The molecule has 0 N–H and O–H groups in total. The van der Waals surface area contributed by atoms with E-state index in [9.17, 15) is 0 Å². The minimum Gasteiger partial charge on any atom is -0.164 e. The standard InChI is InChI=1S/C21H17.Hf/c1-2-15-13-17-9-6-12-20(21(17)14-15)19-11-5-8-16-7-3-4-10-18(16)19;/h3-14H,2H2,1H3;/q-1;. The number of rotatable bonds is 2. The van der Waals surface area contributed by atoms with E-state index < -0.39 is 0 Å². The van der Waals surface area contributed by atoms with Crippen molar-refractivity contribution in [1.29, 1.82) is 0 Å². The molecule has 0 fully saturated rings. The second-order valence-electron chi connectivity index (χ2n) is 5.55. The van der Waals surface area contributed by atoms with Gasteiger partial charge in [0.05, 0.1) is 0 Å². The summed E-state index contributed by atoms with van der Waals surface area (Å²) in [4.78, 5) is 0. The first-order chi connectivity index (χ1) is 10.4. The number of aryl methyl sites for hydroxylation is 1. The van der Waals surface area contributed by atoms with E-state index in [4.69, 9.17) is 0 Å².